The molecule has 284 valence electrons. The molecule has 1 aromatic heterocycles. The molecule has 0 bridgehead atoms. The van der Waals surface area contributed by atoms with Gasteiger partial charge in [0.15, 0.2) is 0 Å². The van der Waals surface area contributed by atoms with E-state index in [1.165, 1.54) is 4.57 Å². The van der Waals surface area contributed by atoms with Crippen LogP contribution in [0.1, 0.15) is 67.4 Å². The Morgan fingerprint density at radius 3 is 1.89 bits per heavy atom. The largest absolute Gasteiger partial charge is 0.351 e. The van der Waals surface area contributed by atoms with Crippen LogP contribution in [0.3, 0.4) is 0 Å². The Bertz CT molecular complexity index is 1970. The van der Waals surface area contributed by atoms with Crippen LogP contribution in [0.15, 0.2) is 138 Å². The minimum Gasteiger partial charge on any atom is -0.351 e. The van der Waals surface area contributed by atoms with E-state index in [1.54, 1.807) is 36.5 Å². The molecular formula is C43H47N6O5P. The molecule has 1 aliphatic heterocycles. The molecule has 2 unspecified atom stereocenters. The maximum absolute atomic E-state index is 13.6. The first kappa shape index (κ1) is 39.6. The highest BCUT2D eigenvalue weighted by Crippen LogP contribution is 2.47. The van der Waals surface area contributed by atoms with Gasteiger partial charge in [0.2, 0.25) is 0 Å². The minimum absolute atomic E-state index is 0.0865. The second kappa shape index (κ2) is 18.5. The normalized spacial score (nSPS) is 17.7. The van der Waals surface area contributed by atoms with Gasteiger partial charge in [0.1, 0.15) is 18.7 Å². The van der Waals surface area contributed by atoms with Crippen LogP contribution < -0.4 is 16.3 Å². The highest BCUT2D eigenvalue weighted by Gasteiger charge is 2.45. The number of hydrogen-bond acceptors (Lipinski definition) is 9. The Labute approximate surface area is 323 Å². The Kier molecular flexibility index (Phi) is 13.3. The third kappa shape index (κ3) is 9.26. The number of rotatable bonds is 16. The second-order valence-corrected chi connectivity index (χ2v) is 15.3. The summed E-state index contributed by atoms with van der Waals surface area (Å²) in [4.78, 5) is 30.7. The van der Waals surface area contributed by atoms with Crippen LogP contribution in [0.25, 0.3) is 0 Å². The standard InChI is InChI=1S/C43H47N6O5P/c1-31(2)49(32(3)4)55(52-28-26-44)53-30-38-37(29-40(54-38)48-27-25-39(46-42(48)51)45-41(50)33-17-9-5-10-18-33)47-43(34-19-11-6-12-20-34,35-21-13-7-14-22-35)36-23-15-8-16-24-36/h5-25,27,31-32,37-38,40,47H,28-30H2,1-4H3,(H,45,46,50,51)/t37?,38-,40-,55?/m1/s1. The third-order valence-electron chi connectivity index (χ3n) is 9.51. The average molecular weight is 759 g/mol. The van der Waals surface area contributed by atoms with E-state index in [2.05, 4.69) is 90.5 Å². The molecule has 11 nitrogen and oxygen atoms in total. The van der Waals surface area contributed by atoms with E-state index in [-0.39, 0.29) is 43.1 Å². The first-order valence-electron chi connectivity index (χ1n) is 18.5. The molecular weight excluding hydrogens is 711 g/mol. The summed E-state index contributed by atoms with van der Waals surface area (Å²) in [6, 6.07) is 43.1. The van der Waals surface area contributed by atoms with Crippen molar-refractivity contribution >= 4 is 20.3 Å². The van der Waals surface area contributed by atoms with Crippen molar-refractivity contribution in [3.63, 3.8) is 0 Å². The number of benzene rings is 4. The zero-order chi connectivity index (χ0) is 38.8. The van der Waals surface area contributed by atoms with E-state index < -0.39 is 32.1 Å². The molecule has 1 aliphatic rings. The number of nitrogens with zero attached hydrogens (tertiary/aromatic N) is 4. The maximum Gasteiger partial charge on any atom is 0.351 e. The summed E-state index contributed by atoms with van der Waals surface area (Å²) in [7, 11) is -1.63. The quantitative estimate of drug-likeness (QED) is 0.0771. The fourth-order valence-electron chi connectivity index (χ4n) is 7.14. The van der Waals surface area contributed by atoms with Crippen LogP contribution in [-0.2, 0) is 19.3 Å². The molecule has 2 N–H and O–H groups in total. The van der Waals surface area contributed by atoms with Crippen LogP contribution in [0, 0.1) is 11.3 Å². The topological polar surface area (TPSA) is 131 Å². The average Bonchev–Trinajstić information content (AvgIpc) is 3.60. The summed E-state index contributed by atoms with van der Waals surface area (Å²) < 4.78 is 23.0. The number of hydrogen-bond donors (Lipinski definition) is 2. The smallest absolute Gasteiger partial charge is 0.351 e. The van der Waals surface area contributed by atoms with Gasteiger partial charge in [-0.2, -0.15) is 10.2 Å². The molecule has 0 radical (unpaired) electrons. The number of anilines is 1. The van der Waals surface area contributed by atoms with Crippen LogP contribution in [0.2, 0.25) is 0 Å². The lowest BCUT2D eigenvalue weighted by Gasteiger charge is -2.40. The van der Waals surface area contributed by atoms with E-state index in [0.717, 1.165) is 16.7 Å². The maximum atomic E-state index is 13.6. The Balaban J connectivity index is 1.38. The number of aromatic nitrogens is 2. The Morgan fingerprint density at radius 2 is 1.40 bits per heavy atom. The van der Waals surface area contributed by atoms with Gasteiger partial charge in [0.25, 0.3) is 14.4 Å². The number of ether oxygens (including phenoxy) is 1. The van der Waals surface area contributed by atoms with Gasteiger partial charge in [-0.25, -0.2) is 9.46 Å². The van der Waals surface area contributed by atoms with Gasteiger partial charge in [0, 0.05) is 36.3 Å². The number of carbonyl (C=O) groups excluding carboxylic acids is 1. The van der Waals surface area contributed by atoms with Crippen molar-refractivity contribution in [2.45, 2.75) is 70.1 Å². The van der Waals surface area contributed by atoms with E-state index in [4.69, 9.17) is 13.8 Å². The molecule has 4 aromatic carbocycles. The summed E-state index contributed by atoms with van der Waals surface area (Å²) in [5.74, 6) is -0.225. The van der Waals surface area contributed by atoms with Crippen LogP contribution in [0.5, 0.6) is 0 Å². The van der Waals surface area contributed by atoms with Gasteiger partial charge in [0.05, 0.1) is 24.3 Å². The van der Waals surface area contributed by atoms with Crippen LogP contribution in [-0.4, -0.2) is 57.6 Å². The summed E-state index contributed by atoms with van der Waals surface area (Å²) in [5, 5.41) is 16.2. The zero-order valence-electron chi connectivity index (χ0n) is 31.5. The SMILES string of the molecule is CC(C)N(C(C)C)P(OCC#N)OC[C@H]1O[C@@H](n2ccc(NC(=O)c3ccccc3)nc2=O)CC1NC(c1ccccc1)(c1ccccc1)c1ccccc1. The van der Waals surface area contributed by atoms with Crippen molar-refractivity contribution in [3.05, 3.63) is 166 Å². The van der Waals surface area contributed by atoms with Gasteiger partial charge in [-0.15, -0.1) is 0 Å². The molecule has 0 saturated carbocycles. The minimum atomic E-state index is -1.63. The van der Waals surface area contributed by atoms with Gasteiger partial charge in [-0.05, 0) is 62.6 Å². The summed E-state index contributed by atoms with van der Waals surface area (Å²) in [5.41, 5.74) is 2.14. The monoisotopic (exact) mass is 758 g/mol. The number of nitriles is 1. The zero-order valence-corrected chi connectivity index (χ0v) is 32.4. The third-order valence-corrected chi connectivity index (χ3v) is 11.5. The molecule has 1 amide bonds. The van der Waals surface area contributed by atoms with E-state index >= 15 is 0 Å². The molecule has 2 heterocycles. The van der Waals surface area contributed by atoms with Crippen molar-refractivity contribution in [2.24, 2.45) is 0 Å². The first-order chi connectivity index (χ1) is 26.7. The van der Waals surface area contributed by atoms with Gasteiger partial charge < -0.3 is 19.1 Å². The summed E-state index contributed by atoms with van der Waals surface area (Å²) >= 11 is 0. The number of carbonyl (C=O) groups is 1. The molecule has 6 rings (SSSR count). The molecule has 55 heavy (non-hydrogen) atoms. The van der Waals surface area contributed by atoms with Gasteiger partial charge >= 0.3 is 5.69 Å². The van der Waals surface area contributed by atoms with Crippen molar-refractivity contribution in [3.8, 4) is 6.07 Å². The fourth-order valence-corrected chi connectivity index (χ4v) is 8.68. The Morgan fingerprint density at radius 1 is 0.873 bits per heavy atom. The van der Waals surface area contributed by atoms with Gasteiger partial charge in [-0.3, -0.25) is 14.7 Å². The van der Waals surface area contributed by atoms with Crippen LogP contribution >= 0.6 is 8.53 Å². The highest BCUT2D eigenvalue weighted by atomic mass is 31.2. The fraction of sp³-hybridized carbons (Fsp3) is 0.302. The van der Waals surface area contributed by atoms with Crippen molar-refractivity contribution < 1.29 is 18.6 Å². The molecule has 0 aliphatic carbocycles. The number of nitrogens with one attached hydrogen (secondary N) is 2. The van der Waals surface area contributed by atoms with Gasteiger partial charge in [-0.1, -0.05) is 109 Å². The molecule has 5 aromatic rings. The molecule has 1 fully saturated rings. The van der Waals surface area contributed by atoms with E-state index in [9.17, 15) is 14.9 Å². The first-order valence-corrected chi connectivity index (χ1v) is 19.6. The van der Waals surface area contributed by atoms with Crippen molar-refractivity contribution in [1.29, 1.82) is 5.26 Å². The lowest BCUT2D eigenvalue weighted by atomic mass is 9.76. The summed E-state index contributed by atoms with van der Waals surface area (Å²) in [6.45, 7) is 8.27. The lowest BCUT2D eigenvalue weighted by molar-refractivity contribution is -0.0275. The molecule has 4 atom stereocenters. The van der Waals surface area contributed by atoms with E-state index in [1.807, 2.05) is 60.7 Å². The number of amides is 1. The lowest BCUT2D eigenvalue weighted by Crippen LogP contribution is -2.53. The molecule has 0 spiro atoms. The predicted molar refractivity (Wildman–Crippen MR) is 214 cm³/mol. The second-order valence-electron chi connectivity index (χ2n) is 13.8. The molecule has 12 heteroatoms. The molecule has 1 saturated heterocycles. The Hall–Kier alpha value is -5.05. The van der Waals surface area contributed by atoms with E-state index in [0.29, 0.717) is 12.0 Å². The van der Waals surface area contributed by atoms with Crippen LogP contribution in [0.4, 0.5) is 5.82 Å². The highest BCUT2D eigenvalue weighted by molar-refractivity contribution is 7.44. The predicted octanol–water partition coefficient (Wildman–Crippen LogP) is 7.64. The summed E-state index contributed by atoms with van der Waals surface area (Å²) in [6.07, 6.45) is 0.695. The van der Waals surface area contributed by atoms with Crippen molar-refractivity contribution in [1.82, 2.24) is 19.5 Å². The van der Waals surface area contributed by atoms with Crippen molar-refractivity contribution in [2.75, 3.05) is 18.5 Å².